The summed E-state index contributed by atoms with van der Waals surface area (Å²) < 4.78 is 7.91. The summed E-state index contributed by atoms with van der Waals surface area (Å²) in [7, 11) is 1.92. The molecule has 4 heteroatoms. The number of aryl methyl sites for hydroxylation is 1. The van der Waals surface area contributed by atoms with E-state index in [0.717, 1.165) is 12.2 Å². The van der Waals surface area contributed by atoms with Gasteiger partial charge in [0.2, 0.25) is 0 Å². The fraction of sp³-hybridized carbons (Fsp3) is 0.786. The Morgan fingerprint density at radius 3 is 2.61 bits per heavy atom. The lowest BCUT2D eigenvalue weighted by molar-refractivity contribution is -0.0770. The maximum Gasteiger partial charge on any atom is 0.157 e. The monoisotopic (exact) mass is 249 g/mol. The average Bonchev–Trinajstić information content (AvgIpc) is 2.64. The Morgan fingerprint density at radius 2 is 2.06 bits per heavy atom. The van der Waals surface area contributed by atoms with E-state index in [1.54, 1.807) is 10.9 Å². The molecule has 2 unspecified atom stereocenters. The highest BCUT2D eigenvalue weighted by molar-refractivity contribution is 5.16. The van der Waals surface area contributed by atoms with E-state index in [1.807, 2.05) is 13.2 Å². The van der Waals surface area contributed by atoms with Gasteiger partial charge in [0.25, 0.3) is 0 Å². The van der Waals surface area contributed by atoms with E-state index in [2.05, 4.69) is 5.10 Å². The van der Waals surface area contributed by atoms with Gasteiger partial charge in [0.05, 0.1) is 12.4 Å². The number of nitrogens with zero attached hydrogens (tertiary/aromatic N) is 2. The predicted molar refractivity (Wildman–Crippen MR) is 70.4 cm³/mol. The summed E-state index contributed by atoms with van der Waals surface area (Å²) in [5, 5.41) is 4.16. The van der Waals surface area contributed by atoms with Gasteiger partial charge in [0, 0.05) is 24.9 Å². The molecule has 0 aromatic carbocycles. The molecule has 0 saturated heterocycles. The summed E-state index contributed by atoms with van der Waals surface area (Å²) in [5.74, 6) is 0.887. The van der Waals surface area contributed by atoms with Crippen LogP contribution in [0.1, 0.15) is 44.9 Å². The van der Waals surface area contributed by atoms with Crippen molar-refractivity contribution in [2.24, 2.45) is 18.2 Å². The molecule has 1 aromatic rings. The van der Waals surface area contributed by atoms with Crippen molar-refractivity contribution in [2.45, 2.75) is 57.1 Å². The second-order valence-electron chi connectivity index (χ2n) is 5.95. The van der Waals surface area contributed by atoms with Gasteiger partial charge < -0.3 is 10.5 Å². The quantitative estimate of drug-likeness (QED) is 0.874. The van der Waals surface area contributed by atoms with Crippen LogP contribution in [0.25, 0.3) is 0 Å². The Bertz CT molecular complexity index is 407. The van der Waals surface area contributed by atoms with E-state index in [-0.39, 0.29) is 5.41 Å². The molecule has 2 atom stereocenters. The minimum absolute atomic E-state index is 0.242. The predicted octanol–water partition coefficient (Wildman–Crippen LogP) is 2.24. The van der Waals surface area contributed by atoms with Gasteiger partial charge in [-0.2, -0.15) is 5.10 Å². The van der Waals surface area contributed by atoms with E-state index >= 15 is 0 Å². The van der Waals surface area contributed by atoms with Gasteiger partial charge in [-0.05, 0) is 12.8 Å². The maximum absolute atomic E-state index is 6.31. The first-order chi connectivity index (χ1) is 8.71. The van der Waals surface area contributed by atoms with Crippen LogP contribution in [0.2, 0.25) is 0 Å². The second kappa shape index (κ2) is 4.57. The Labute approximate surface area is 108 Å². The van der Waals surface area contributed by atoms with E-state index in [4.69, 9.17) is 10.5 Å². The number of hydrogen-bond donors (Lipinski definition) is 1. The molecule has 1 heterocycles. The summed E-state index contributed by atoms with van der Waals surface area (Å²) in [6.07, 6.45) is 12.8. The van der Waals surface area contributed by atoms with Gasteiger partial charge in [-0.15, -0.1) is 0 Å². The van der Waals surface area contributed by atoms with Crippen LogP contribution in [0.5, 0.6) is 5.75 Å². The molecule has 0 amide bonds. The van der Waals surface area contributed by atoms with Gasteiger partial charge in [-0.3, -0.25) is 4.68 Å². The molecule has 0 radical (unpaired) electrons. The number of aromatic nitrogens is 2. The number of ether oxygens (including phenoxy) is 1. The Morgan fingerprint density at radius 1 is 1.33 bits per heavy atom. The standard InChI is InChI=1S/C14H23N3O/c1-17-10-11(9-16-17)18-13-8-12(15)14(13)6-4-2-3-5-7-14/h9-10,12-13H,2-8,15H2,1H3. The van der Waals surface area contributed by atoms with Gasteiger partial charge in [-0.1, -0.05) is 25.7 Å². The van der Waals surface area contributed by atoms with Crippen LogP contribution in [0, 0.1) is 5.41 Å². The summed E-state index contributed by atoms with van der Waals surface area (Å²) in [4.78, 5) is 0. The molecule has 2 saturated carbocycles. The first-order valence-electron chi connectivity index (χ1n) is 7.12. The van der Waals surface area contributed by atoms with Crippen molar-refractivity contribution < 1.29 is 4.74 Å². The van der Waals surface area contributed by atoms with Crippen molar-refractivity contribution in [3.8, 4) is 5.75 Å². The third-order valence-corrected chi connectivity index (χ3v) is 4.84. The fourth-order valence-corrected chi connectivity index (χ4v) is 3.65. The molecule has 0 bridgehead atoms. The van der Waals surface area contributed by atoms with E-state index in [0.29, 0.717) is 12.1 Å². The molecular formula is C14H23N3O. The molecule has 1 spiro atoms. The lowest BCUT2D eigenvalue weighted by atomic mass is 9.58. The first kappa shape index (κ1) is 12.0. The Hall–Kier alpha value is -1.03. The van der Waals surface area contributed by atoms with Crippen LogP contribution in [0.15, 0.2) is 12.4 Å². The van der Waals surface area contributed by atoms with Crippen molar-refractivity contribution in [1.29, 1.82) is 0 Å². The minimum atomic E-state index is 0.242. The summed E-state index contributed by atoms with van der Waals surface area (Å²) in [6.45, 7) is 0. The summed E-state index contributed by atoms with van der Waals surface area (Å²) in [6, 6.07) is 0.331. The van der Waals surface area contributed by atoms with Gasteiger partial charge >= 0.3 is 0 Å². The van der Waals surface area contributed by atoms with E-state index in [9.17, 15) is 0 Å². The molecule has 3 rings (SSSR count). The molecule has 18 heavy (non-hydrogen) atoms. The van der Waals surface area contributed by atoms with Crippen LogP contribution < -0.4 is 10.5 Å². The normalized spacial score (nSPS) is 30.8. The average molecular weight is 249 g/mol. The third kappa shape index (κ3) is 1.92. The highest BCUT2D eigenvalue weighted by atomic mass is 16.5. The van der Waals surface area contributed by atoms with Crippen molar-refractivity contribution in [3.05, 3.63) is 12.4 Å². The van der Waals surface area contributed by atoms with Crippen LogP contribution in [-0.4, -0.2) is 21.9 Å². The number of nitrogens with two attached hydrogens (primary N) is 1. The molecule has 1 aromatic heterocycles. The maximum atomic E-state index is 6.31. The molecule has 4 nitrogen and oxygen atoms in total. The highest BCUT2D eigenvalue weighted by Crippen LogP contribution is 2.51. The molecule has 100 valence electrons. The van der Waals surface area contributed by atoms with Crippen LogP contribution in [0.3, 0.4) is 0 Å². The highest BCUT2D eigenvalue weighted by Gasteiger charge is 2.54. The zero-order valence-corrected chi connectivity index (χ0v) is 11.1. The number of rotatable bonds is 2. The van der Waals surface area contributed by atoms with Gasteiger partial charge in [0.1, 0.15) is 6.10 Å². The SMILES string of the molecule is Cn1cc(OC2CC(N)C23CCCCCC3)cn1. The van der Waals surface area contributed by atoms with Crippen molar-refractivity contribution in [3.63, 3.8) is 0 Å². The second-order valence-corrected chi connectivity index (χ2v) is 5.95. The lowest BCUT2D eigenvalue weighted by Crippen LogP contribution is -2.63. The van der Waals surface area contributed by atoms with Gasteiger partial charge in [0.15, 0.2) is 5.75 Å². The molecule has 2 aliphatic carbocycles. The van der Waals surface area contributed by atoms with E-state index in [1.165, 1.54) is 38.5 Å². The van der Waals surface area contributed by atoms with E-state index < -0.39 is 0 Å². The molecule has 2 fully saturated rings. The Balaban J connectivity index is 1.72. The topological polar surface area (TPSA) is 53.1 Å². The summed E-state index contributed by atoms with van der Waals surface area (Å²) in [5.41, 5.74) is 6.55. The van der Waals surface area contributed by atoms with Crippen LogP contribution in [0.4, 0.5) is 0 Å². The summed E-state index contributed by atoms with van der Waals surface area (Å²) >= 11 is 0. The third-order valence-electron chi connectivity index (χ3n) is 4.84. The zero-order chi connectivity index (χ0) is 12.6. The van der Waals surface area contributed by atoms with Crippen molar-refractivity contribution in [2.75, 3.05) is 0 Å². The van der Waals surface area contributed by atoms with Crippen molar-refractivity contribution >= 4 is 0 Å². The van der Waals surface area contributed by atoms with Crippen molar-refractivity contribution in [1.82, 2.24) is 9.78 Å². The largest absolute Gasteiger partial charge is 0.486 e. The molecule has 2 aliphatic rings. The molecule has 0 aliphatic heterocycles. The first-order valence-corrected chi connectivity index (χ1v) is 7.12. The minimum Gasteiger partial charge on any atom is -0.486 e. The van der Waals surface area contributed by atoms with Gasteiger partial charge in [-0.25, -0.2) is 0 Å². The smallest absolute Gasteiger partial charge is 0.157 e. The lowest BCUT2D eigenvalue weighted by Gasteiger charge is -2.54. The molecular weight excluding hydrogens is 226 g/mol. The van der Waals surface area contributed by atoms with Crippen LogP contribution in [-0.2, 0) is 7.05 Å². The fourth-order valence-electron chi connectivity index (χ4n) is 3.65. The number of hydrogen-bond acceptors (Lipinski definition) is 3. The van der Waals surface area contributed by atoms with Crippen LogP contribution >= 0.6 is 0 Å². The molecule has 2 N–H and O–H groups in total. The zero-order valence-electron chi connectivity index (χ0n) is 11.1. The Kier molecular flexibility index (Phi) is 3.06.